The van der Waals surface area contributed by atoms with E-state index >= 15 is 0 Å². The lowest BCUT2D eigenvalue weighted by molar-refractivity contribution is 0.231. The molecular weight excluding hydrogens is 337 g/mol. The topological polar surface area (TPSA) is 80.1 Å². The summed E-state index contributed by atoms with van der Waals surface area (Å²) in [4.78, 5) is 2.31. The predicted molar refractivity (Wildman–Crippen MR) is 92.0 cm³/mol. The van der Waals surface area contributed by atoms with Crippen LogP contribution in [0.4, 0.5) is 4.39 Å². The fraction of sp³-hybridized carbons (Fsp3) is 0.389. The molecule has 136 valence electrons. The molecule has 2 aromatic heterocycles. The number of nitrogens with zero attached hydrogens (tertiary/aromatic N) is 4. The molecule has 0 unspecified atom stereocenters. The molecule has 0 radical (unpaired) electrons. The van der Waals surface area contributed by atoms with Crippen molar-refractivity contribution in [2.24, 2.45) is 0 Å². The molecule has 1 aliphatic rings. The molecule has 3 aromatic rings. The molecule has 1 fully saturated rings. The fourth-order valence-electron chi connectivity index (χ4n) is 3.57. The Kier molecular flexibility index (Phi) is 4.42. The van der Waals surface area contributed by atoms with Gasteiger partial charge in [-0.3, -0.25) is 10.00 Å². The third-order valence-electron chi connectivity index (χ3n) is 4.90. The summed E-state index contributed by atoms with van der Waals surface area (Å²) in [7, 11) is 1.52. The van der Waals surface area contributed by atoms with Gasteiger partial charge in [-0.05, 0) is 38.4 Å². The summed E-state index contributed by atoms with van der Waals surface area (Å²) >= 11 is 0. The molecule has 0 bridgehead atoms. The van der Waals surface area contributed by atoms with Crippen LogP contribution in [0.5, 0.6) is 5.75 Å². The molecule has 0 spiro atoms. The monoisotopic (exact) mass is 357 g/mol. The number of nitrogens with one attached hydrogen (secondary N) is 1. The van der Waals surface area contributed by atoms with Gasteiger partial charge in [-0.1, -0.05) is 10.3 Å². The molecule has 1 saturated heterocycles. The summed E-state index contributed by atoms with van der Waals surface area (Å²) in [6.45, 7) is 3.49. The summed E-state index contributed by atoms with van der Waals surface area (Å²) in [5.74, 6) is 0.144. The van der Waals surface area contributed by atoms with Crippen molar-refractivity contribution in [3.8, 4) is 17.0 Å². The minimum Gasteiger partial charge on any atom is -0.497 e. The van der Waals surface area contributed by atoms with Gasteiger partial charge in [-0.2, -0.15) is 5.10 Å². The largest absolute Gasteiger partial charge is 0.497 e. The molecule has 8 heteroatoms. The van der Waals surface area contributed by atoms with Crippen molar-refractivity contribution < 1.29 is 13.8 Å². The second-order valence-electron chi connectivity index (χ2n) is 6.48. The van der Waals surface area contributed by atoms with E-state index in [9.17, 15) is 4.39 Å². The van der Waals surface area contributed by atoms with Crippen LogP contribution in [0.2, 0.25) is 0 Å². The Bertz CT molecular complexity index is 907. The highest BCUT2D eigenvalue weighted by Crippen LogP contribution is 2.35. The van der Waals surface area contributed by atoms with Gasteiger partial charge >= 0.3 is 0 Å². The minimum atomic E-state index is -0.343. The number of benzene rings is 1. The van der Waals surface area contributed by atoms with Crippen LogP contribution in [-0.2, 0) is 6.54 Å². The molecule has 0 saturated carbocycles. The first-order valence-corrected chi connectivity index (χ1v) is 8.56. The Morgan fingerprint density at radius 3 is 3.00 bits per heavy atom. The molecule has 0 aliphatic carbocycles. The van der Waals surface area contributed by atoms with Crippen LogP contribution >= 0.6 is 0 Å². The number of hydrogen-bond donors (Lipinski definition) is 1. The molecule has 0 amide bonds. The zero-order valence-corrected chi connectivity index (χ0v) is 14.7. The second kappa shape index (κ2) is 6.87. The number of halogens is 1. The Balaban J connectivity index is 1.60. The van der Waals surface area contributed by atoms with E-state index in [1.807, 2.05) is 6.92 Å². The quantitative estimate of drug-likeness (QED) is 0.755. The maximum absolute atomic E-state index is 14.5. The Morgan fingerprint density at radius 2 is 2.27 bits per heavy atom. The number of likely N-dealkylation sites (tertiary alicyclic amines) is 1. The first-order valence-electron chi connectivity index (χ1n) is 8.56. The molecule has 26 heavy (non-hydrogen) atoms. The van der Waals surface area contributed by atoms with E-state index < -0.39 is 0 Å². The van der Waals surface area contributed by atoms with Gasteiger partial charge in [0.15, 0.2) is 0 Å². The predicted octanol–water partition coefficient (Wildman–Crippen LogP) is 3.25. The van der Waals surface area contributed by atoms with Crippen molar-refractivity contribution in [1.29, 1.82) is 0 Å². The smallest absolute Gasteiger partial charge is 0.136 e. The highest BCUT2D eigenvalue weighted by Gasteiger charge is 2.31. The summed E-state index contributed by atoms with van der Waals surface area (Å²) in [5, 5.41) is 15.0. The number of aromatic amines is 1. The Hall–Kier alpha value is -2.74. The number of rotatable bonds is 5. The van der Waals surface area contributed by atoms with Crippen LogP contribution in [0.25, 0.3) is 11.3 Å². The van der Waals surface area contributed by atoms with E-state index in [-0.39, 0.29) is 11.9 Å². The summed E-state index contributed by atoms with van der Waals surface area (Å²) in [6, 6.07) is 4.98. The standard InChI is InChI=1S/C18H20FN5O2/c1-11-17(23-26-22-11)16-4-3-7-24(16)10-12-9-20-21-18(12)14-6-5-13(25-2)8-15(14)19/h5-6,8-9,16H,3-4,7,10H2,1-2H3,(H,20,21)/t16-/m0/s1. The molecule has 4 rings (SSSR count). The van der Waals surface area contributed by atoms with Crippen LogP contribution in [0.15, 0.2) is 29.0 Å². The van der Waals surface area contributed by atoms with Crippen molar-refractivity contribution in [2.45, 2.75) is 32.4 Å². The van der Waals surface area contributed by atoms with Crippen LogP contribution in [0.1, 0.15) is 35.8 Å². The van der Waals surface area contributed by atoms with E-state index in [4.69, 9.17) is 9.37 Å². The van der Waals surface area contributed by atoms with Crippen molar-refractivity contribution >= 4 is 0 Å². The first kappa shape index (κ1) is 16.7. The highest BCUT2D eigenvalue weighted by atomic mass is 19.1. The highest BCUT2D eigenvalue weighted by molar-refractivity contribution is 5.64. The van der Waals surface area contributed by atoms with E-state index in [0.717, 1.165) is 36.3 Å². The molecule has 1 aliphatic heterocycles. The second-order valence-corrected chi connectivity index (χ2v) is 6.48. The summed E-state index contributed by atoms with van der Waals surface area (Å²) < 4.78 is 24.4. The average Bonchev–Trinajstić information content (AvgIpc) is 3.36. The van der Waals surface area contributed by atoms with Gasteiger partial charge in [0.2, 0.25) is 0 Å². The average molecular weight is 357 g/mol. The lowest BCUT2D eigenvalue weighted by atomic mass is 10.1. The fourth-order valence-corrected chi connectivity index (χ4v) is 3.57. The molecule has 1 aromatic carbocycles. The van der Waals surface area contributed by atoms with Gasteiger partial charge < -0.3 is 4.74 Å². The summed E-state index contributed by atoms with van der Waals surface area (Å²) in [5.41, 5.74) is 3.80. The number of H-pyrrole nitrogens is 1. The zero-order chi connectivity index (χ0) is 18.1. The van der Waals surface area contributed by atoms with Crippen molar-refractivity contribution in [1.82, 2.24) is 25.4 Å². The summed E-state index contributed by atoms with van der Waals surface area (Å²) in [6.07, 6.45) is 3.82. The molecular formula is C18H20FN5O2. The molecule has 1 N–H and O–H groups in total. The van der Waals surface area contributed by atoms with Crippen molar-refractivity contribution in [3.63, 3.8) is 0 Å². The molecule has 1 atom stereocenters. The van der Waals surface area contributed by atoms with Crippen molar-refractivity contribution in [2.75, 3.05) is 13.7 Å². The zero-order valence-electron chi connectivity index (χ0n) is 14.7. The van der Waals surface area contributed by atoms with Gasteiger partial charge in [-0.25, -0.2) is 9.02 Å². The Labute approximate surface area is 150 Å². The van der Waals surface area contributed by atoms with Gasteiger partial charge in [-0.15, -0.1) is 0 Å². The lowest BCUT2D eigenvalue weighted by Crippen LogP contribution is -2.23. The SMILES string of the molecule is COc1ccc(-c2[nH]ncc2CN2CCC[C@H]2c2nonc2C)c(F)c1. The van der Waals surface area contributed by atoms with Gasteiger partial charge in [0.1, 0.15) is 23.0 Å². The number of ether oxygens (including phenoxy) is 1. The van der Waals surface area contributed by atoms with Crippen molar-refractivity contribution in [3.05, 3.63) is 47.2 Å². The van der Waals surface area contributed by atoms with Crippen LogP contribution < -0.4 is 4.74 Å². The van der Waals surface area contributed by atoms with E-state index in [2.05, 4.69) is 25.4 Å². The van der Waals surface area contributed by atoms with Crippen LogP contribution in [0.3, 0.4) is 0 Å². The van der Waals surface area contributed by atoms with E-state index in [1.165, 1.54) is 13.2 Å². The van der Waals surface area contributed by atoms with E-state index in [1.54, 1.807) is 18.3 Å². The maximum Gasteiger partial charge on any atom is 0.136 e. The maximum atomic E-state index is 14.5. The van der Waals surface area contributed by atoms with Crippen LogP contribution in [0, 0.1) is 12.7 Å². The van der Waals surface area contributed by atoms with Gasteiger partial charge in [0.25, 0.3) is 0 Å². The van der Waals surface area contributed by atoms with Gasteiger partial charge in [0, 0.05) is 23.7 Å². The Morgan fingerprint density at radius 1 is 1.38 bits per heavy atom. The van der Waals surface area contributed by atoms with Gasteiger partial charge in [0.05, 0.1) is 25.0 Å². The third kappa shape index (κ3) is 2.96. The number of aromatic nitrogens is 4. The number of methoxy groups -OCH3 is 1. The molecule has 7 nitrogen and oxygen atoms in total. The normalized spacial score (nSPS) is 17.7. The number of aryl methyl sites for hydroxylation is 1. The minimum absolute atomic E-state index is 0.157. The van der Waals surface area contributed by atoms with Crippen LogP contribution in [-0.4, -0.2) is 39.1 Å². The van der Waals surface area contributed by atoms with E-state index in [0.29, 0.717) is 23.6 Å². The number of hydrogen-bond acceptors (Lipinski definition) is 6. The molecule has 3 heterocycles. The lowest BCUT2D eigenvalue weighted by Gasteiger charge is -2.22. The third-order valence-corrected chi connectivity index (χ3v) is 4.90. The first-order chi connectivity index (χ1) is 12.7.